The number of amides is 2. The summed E-state index contributed by atoms with van der Waals surface area (Å²) < 4.78 is 0. The molecular formula is C19H25N3O2. The van der Waals surface area contributed by atoms with Crippen molar-refractivity contribution in [1.82, 2.24) is 10.2 Å². The molecule has 24 heavy (non-hydrogen) atoms. The third-order valence-electron chi connectivity index (χ3n) is 6.03. The van der Waals surface area contributed by atoms with E-state index in [1.54, 1.807) is 0 Å². The number of carbonyl (C=O) groups is 2. The molecule has 0 radical (unpaired) electrons. The van der Waals surface area contributed by atoms with Crippen molar-refractivity contribution in [2.45, 2.75) is 50.0 Å². The molecule has 1 aliphatic carbocycles. The third kappa shape index (κ3) is 2.66. The van der Waals surface area contributed by atoms with Gasteiger partial charge in [-0.05, 0) is 43.4 Å². The van der Waals surface area contributed by atoms with Crippen LogP contribution >= 0.6 is 0 Å². The second kappa shape index (κ2) is 6.11. The van der Waals surface area contributed by atoms with E-state index in [1.807, 2.05) is 11.0 Å². The molecule has 1 saturated heterocycles. The summed E-state index contributed by atoms with van der Waals surface area (Å²) >= 11 is 0. The number of hydrogen-bond donors (Lipinski definition) is 2. The SMILES string of the molecule is O=CN1CCC(Nc2ccc3c(c2)C(=O)NCC32CCCC2)CC1. The molecule has 0 bridgehead atoms. The lowest BCUT2D eigenvalue weighted by atomic mass is 9.74. The van der Waals surface area contributed by atoms with Crippen LogP contribution in [0.5, 0.6) is 0 Å². The fourth-order valence-electron chi connectivity index (χ4n) is 4.61. The van der Waals surface area contributed by atoms with Crippen molar-refractivity contribution in [3.05, 3.63) is 29.3 Å². The molecule has 1 aromatic carbocycles. The number of rotatable bonds is 3. The Morgan fingerprint density at radius 1 is 1.21 bits per heavy atom. The number of hydrogen-bond acceptors (Lipinski definition) is 3. The summed E-state index contributed by atoms with van der Waals surface area (Å²) in [5.74, 6) is 0.0574. The molecule has 5 heteroatoms. The standard InChI is InChI=1S/C19H25N3O2/c23-13-22-9-5-14(6-10-22)21-15-3-4-17-16(11-15)18(24)20-12-19(17)7-1-2-8-19/h3-4,11,13-14,21H,1-2,5-10,12H2,(H,20,24). The lowest BCUT2D eigenvalue weighted by molar-refractivity contribution is -0.118. The van der Waals surface area contributed by atoms with Crippen LogP contribution in [0.15, 0.2) is 18.2 Å². The fourth-order valence-corrected chi connectivity index (χ4v) is 4.61. The summed E-state index contributed by atoms with van der Waals surface area (Å²) in [6.07, 6.45) is 7.70. The average molecular weight is 327 g/mol. The maximum absolute atomic E-state index is 12.4. The largest absolute Gasteiger partial charge is 0.382 e. The maximum Gasteiger partial charge on any atom is 0.251 e. The van der Waals surface area contributed by atoms with E-state index in [4.69, 9.17) is 0 Å². The van der Waals surface area contributed by atoms with Crippen molar-refractivity contribution < 1.29 is 9.59 Å². The van der Waals surface area contributed by atoms with Crippen LogP contribution < -0.4 is 10.6 Å². The highest BCUT2D eigenvalue weighted by molar-refractivity contribution is 5.98. The van der Waals surface area contributed by atoms with E-state index in [2.05, 4.69) is 22.8 Å². The molecule has 0 aromatic heterocycles. The average Bonchev–Trinajstić information content (AvgIpc) is 3.09. The van der Waals surface area contributed by atoms with Crippen molar-refractivity contribution in [2.24, 2.45) is 0 Å². The Kier molecular flexibility index (Phi) is 3.94. The number of piperidine rings is 1. The molecule has 1 saturated carbocycles. The topological polar surface area (TPSA) is 61.4 Å². The lowest BCUT2D eigenvalue weighted by Gasteiger charge is -2.36. The summed E-state index contributed by atoms with van der Waals surface area (Å²) in [6, 6.07) is 6.69. The van der Waals surface area contributed by atoms with Crippen LogP contribution in [0.2, 0.25) is 0 Å². The summed E-state index contributed by atoms with van der Waals surface area (Å²) in [6.45, 7) is 2.39. The van der Waals surface area contributed by atoms with Gasteiger partial charge in [0, 0.05) is 42.3 Å². The summed E-state index contributed by atoms with van der Waals surface area (Å²) in [4.78, 5) is 25.0. The summed E-state index contributed by atoms with van der Waals surface area (Å²) in [5.41, 5.74) is 3.27. The van der Waals surface area contributed by atoms with E-state index >= 15 is 0 Å². The molecule has 3 aliphatic rings. The Hall–Kier alpha value is -2.04. The van der Waals surface area contributed by atoms with E-state index in [1.165, 1.54) is 31.2 Å². The van der Waals surface area contributed by atoms with E-state index in [0.717, 1.165) is 50.1 Å². The van der Waals surface area contributed by atoms with Crippen LogP contribution in [0.25, 0.3) is 0 Å². The predicted octanol–water partition coefficient (Wildman–Crippen LogP) is 2.27. The lowest BCUT2D eigenvalue weighted by Crippen LogP contribution is -2.45. The molecule has 2 amide bonds. The van der Waals surface area contributed by atoms with Crippen molar-refractivity contribution in [1.29, 1.82) is 0 Å². The zero-order chi connectivity index (χ0) is 16.6. The van der Waals surface area contributed by atoms with Gasteiger partial charge in [-0.2, -0.15) is 0 Å². The predicted molar refractivity (Wildman–Crippen MR) is 93.2 cm³/mol. The van der Waals surface area contributed by atoms with Gasteiger partial charge in [-0.1, -0.05) is 18.9 Å². The molecule has 2 N–H and O–H groups in total. The number of likely N-dealkylation sites (tertiary alicyclic amines) is 1. The van der Waals surface area contributed by atoms with E-state index in [-0.39, 0.29) is 11.3 Å². The Bertz CT molecular complexity index is 644. The van der Waals surface area contributed by atoms with Crippen LogP contribution in [-0.2, 0) is 10.2 Å². The van der Waals surface area contributed by atoms with Crippen LogP contribution in [0.3, 0.4) is 0 Å². The van der Waals surface area contributed by atoms with Crippen molar-refractivity contribution in [3.63, 3.8) is 0 Å². The highest BCUT2D eigenvalue weighted by Gasteiger charge is 2.41. The maximum atomic E-state index is 12.4. The second-order valence-electron chi connectivity index (χ2n) is 7.49. The molecule has 1 spiro atoms. The highest BCUT2D eigenvalue weighted by atomic mass is 16.1. The summed E-state index contributed by atoms with van der Waals surface area (Å²) in [5, 5.41) is 6.66. The van der Waals surface area contributed by atoms with E-state index in [9.17, 15) is 9.59 Å². The Labute approximate surface area is 142 Å². The third-order valence-corrected chi connectivity index (χ3v) is 6.03. The number of nitrogens with zero attached hydrogens (tertiary/aromatic N) is 1. The smallest absolute Gasteiger partial charge is 0.251 e. The number of carbonyl (C=O) groups excluding carboxylic acids is 2. The Balaban J connectivity index is 1.53. The molecule has 128 valence electrons. The van der Waals surface area contributed by atoms with Gasteiger partial charge in [0.1, 0.15) is 0 Å². The highest BCUT2D eigenvalue weighted by Crippen LogP contribution is 2.44. The first-order valence-electron chi connectivity index (χ1n) is 9.09. The minimum absolute atomic E-state index is 0.0574. The number of anilines is 1. The fraction of sp³-hybridized carbons (Fsp3) is 0.579. The monoisotopic (exact) mass is 327 g/mol. The van der Waals surface area contributed by atoms with Crippen molar-refractivity contribution in [3.8, 4) is 0 Å². The van der Waals surface area contributed by atoms with Gasteiger partial charge in [0.05, 0.1) is 0 Å². The Morgan fingerprint density at radius 2 is 1.96 bits per heavy atom. The molecule has 0 atom stereocenters. The molecule has 0 unspecified atom stereocenters. The zero-order valence-corrected chi connectivity index (χ0v) is 14.0. The first-order chi connectivity index (χ1) is 11.7. The van der Waals surface area contributed by atoms with Crippen LogP contribution in [-0.4, -0.2) is 42.9 Å². The molecule has 5 nitrogen and oxygen atoms in total. The van der Waals surface area contributed by atoms with Crippen LogP contribution in [0.4, 0.5) is 5.69 Å². The van der Waals surface area contributed by atoms with Gasteiger partial charge in [0.15, 0.2) is 0 Å². The van der Waals surface area contributed by atoms with Crippen molar-refractivity contribution in [2.75, 3.05) is 25.0 Å². The quantitative estimate of drug-likeness (QED) is 0.837. The van der Waals surface area contributed by atoms with E-state index < -0.39 is 0 Å². The molecule has 1 aromatic rings. The molecule has 4 rings (SSSR count). The minimum Gasteiger partial charge on any atom is -0.382 e. The molecule has 2 heterocycles. The second-order valence-corrected chi connectivity index (χ2v) is 7.49. The molecular weight excluding hydrogens is 302 g/mol. The van der Waals surface area contributed by atoms with Gasteiger partial charge in [-0.25, -0.2) is 0 Å². The Morgan fingerprint density at radius 3 is 2.67 bits per heavy atom. The van der Waals surface area contributed by atoms with Gasteiger partial charge < -0.3 is 15.5 Å². The summed E-state index contributed by atoms with van der Waals surface area (Å²) in [7, 11) is 0. The number of benzene rings is 1. The molecule has 2 fully saturated rings. The van der Waals surface area contributed by atoms with E-state index in [0.29, 0.717) is 6.04 Å². The molecule has 2 aliphatic heterocycles. The first-order valence-corrected chi connectivity index (χ1v) is 9.09. The normalized spacial score (nSPS) is 23.0. The number of nitrogens with one attached hydrogen (secondary N) is 2. The van der Waals surface area contributed by atoms with Gasteiger partial charge in [0.2, 0.25) is 6.41 Å². The van der Waals surface area contributed by atoms with Crippen LogP contribution in [0, 0.1) is 0 Å². The minimum atomic E-state index is 0.0574. The zero-order valence-electron chi connectivity index (χ0n) is 14.0. The van der Waals surface area contributed by atoms with Gasteiger partial charge in [-0.3, -0.25) is 9.59 Å². The van der Waals surface area contributed by atoms with Gasteiger partial charge in [-0.15, -0.1) is 0 Å². The van der Waals surface area contributed by atoms with Gasteiger partial charge >= 0.3 is 0 Å². The van der Waals surface area contributed by atoms with Crippen molar-refractivity contribution >= 4 is 18.0 Å². The first kappa shape index (κ1) is 15.5. The van der Waals surface area contributed by atoms with Gasteiger partial charge in [0.25, 0.3) is 5.91 Å². The number of fused-ring (bicyclic) bond motifs is 2. The van der Waals surface area contributed by atoms with Crippen LogP contribution in [0.1, 0.15) is 54.4 Å².